The second kappa shape index (κ2) is 6.88. The minimum absolute atomic E-state index is 0.548. The molecule has 2 unspecified atom stereocenters. The number of hydrogen-bond acceptors (Lipinski definition) is 2. The molecule has 0 saturated carbocycles. The topological polar surface area (TPSA) is 15.3 Å². The smallest absolute Gasteiger partial charge is 0.0237 e. The third-order valence-corrected chi connectivity index (χ3v) is 4.33. The second-order valence-corrected chi connectivity index (χ2v) is 6.06. The van der Waals surface area contributed by atoms with Crippen molar-refractivity contribution < 1.29 is 0 Å². The predicted molar refractivity (Wildman–Crippen MR) is 88.3 cm³/mol. The van der Waals surface area contributed by atoms with E-state index in [0.29, 0.717) is 12.1 Å². The molecule has 2 nitrogen and oxygen atoms in total. The van der Waals surface area contributed by atoms with Crippen LogP contribution in [0.1, 0.15) is 18.1 Å². The zero-order chi connectivity index (χ0) is 14.5. The predicted octanol–water partition coefficient (Wildman–Crippen LogP) is 3.09. The Morgan fingerprint density at radius 2 is 1.57 bits per heavy atom. The van der Waals surface area contributed by atoms with Gasteiger partial charge in [-0.15, -0.1) is 0 Å². The van der Waals surface area contributed by atoms with Crippen LogP contribution in [0, 0.1) is 0 Å². The normalized spacial score (nSPS) is 23.1. The van der Waals surface area contributed by atoms with Crippen LogP contribution in [-0.4, -0.2) is 30.1 Å². The third-order valence-electron chi connectivity index (χ3n) is 4.33. The molecule has 1 heterocycles. The highest BCUT2D eigenvalue weighted by molar-refractivity contribution is 5.17. The third kappa shape index (κ3) is 3.93. The Hall–Kier alpha value is -1.64. The number of piperazine rings is 1. The summed E-state index contributed by atoms with van der Waals surface area (Å²) in [6.45, 7) is 5.55. The van der Waals surface area contributed by atoms with E-state index in [4.69, 9.17) is 0 Å². The maximum absolute atomic E-state index is 3.69. The molecule has 0 spiro atoms. The number of nitrogens with one attached hydrogen (secondary N) is 1. The fourth-order valence-electron chi connectivity index (χ4n) is 3.07. The Labute approximate surface area is 127 Å². The minimum Gasteiger partial charge on any atom is -0.311 e. The van der Waals surface area contributed by atoms with E-state index >= 15 is 0 Å². The van der Waals surface area contributed by atoms with Gasteiger partial charge in [0, 0.05) is 31.7 Å². The van der Waals surface area contributed by atoms with Gasteiger partial charge in [0.2, 0.25) is 0 Å². The lowest BCUT2D eigenvalue weighted by molar-refractivity contribution is 0.133. The van der Waals surface area contributed by atoms with Gasteiger partial charge in [-0.1, -0.05) is 60.7 Å². The number of hydrogen-bond donors (Lipinski definition) is 1. The van der Waals surface area contributed by atoms with Crippen molar-refractivity contribution in [2.45, 2.75) is 32.0 Å². The quantitative estimate of drug-likeness (QED) is 0.926. The highest BCUT2D eigenvalue weighted by atomic mass is 15.2. The standard InChI is InChI=1S/C19H24N2/c1-16-13-20-19(12-17-8-4-2-5-9-17)15-21(16)14-18-10-6-3-7-11-18/h2-11,16,19-20H,12-15H2,1H3. The molecule has 2 atom stereocenters. The van der Waals surface area contributed by atoms with Crippen molar-refractivity contribution in [3.8, 4) is 0 Å². The van der Waals surface area contributed by atoms with Crippen LogP contribution in [0.2, 0.25) is 0 Å². The molecule has 1 aliphatic rings. The van der Waals surface area contributed by atoms with Crippen molar-refractivity contribution in [2.24, 2.45) is 0 Å². The summed E-state index contributed by atoms with van der Waals surface area (Å²) >= 11 is 0. The van der Waals surface area contributed by atoms with Gasteiger partial charge in [0.25, 0.3) is 0 Å². The molecule has 0 aromatic heterocycles. The molecule has 2 aromatic rings. The van der Waals surface area contributed by atoms with E-state index in [2.05, 4.69) is 77.8 Å². The lowest BCUT2D eigenvalue weighted by atomic mass is 10.0. The number of rotatable bonds is 4. The van der Waals surface area contributed by atoms with Gasteiger partial charge < -0.3 is 5.32 Å². The first-order valence-electron chi connectivity index (χ1n) is 7.86. The zero-order valence-corrected chi connectivity index (χ0v) is 12.7. The maximum atomic E-state index is 3.69. The summed E-state index contributed by atoms with van der Waals surface area (Å²) in [4.78, 5) is 2.60. The van der Waals surface area contributed by atoms with Crippen molar-refractivity contribution in [3.05, 3.63) is 71.8 Å². The van der Waals surface area contributed by atoms with Crippen LogP contribution < -0.4 is 5.32 Å². The van der Waals surface area contributed by atoms with Crippen LogP contribution in [0.4, 0.5) is 0 Å². The summed E-state index contributed by atoms with van der Waals surface area (Å²) in [5.74, 6) is 0. The van der Waals surface area contributed by atoms with Crippen LogP contribution in [0.3, 0.4) is 0 Å². The van der Waals surface area contributed by atoms with Crippen LogP contribution in [0.15, 0.2) is 60.7 Å². The molecule has 1 fully saturated rings. The molecule has 21 heavy (non-hydrogen) atoms. The summed E-state index contributed by atoms with van der Waals surface area (Å²) in [6, 6.07) is 22.7. The molecule has 3 rings (SSSR count). The van der Waals surface area contributed by atoms with Crippen molar-refractivity contribution in [1.82, 2.24) is 10.2 Å². The SMILES string of the molecule is CC1CNC(Cc2ccccc2)CN1Cc1ccccc1. The molecule has 0 radical (unpaired) electrons. The van der Waals surface area contributed by atoms with Gasteiger partial charge >= 0.3 is 0 Å². The van der Waals surface area contributed by atoms with E-state index in [9.17, 15) is 0 Å². The van der Waals surface area contributed by atoms with E-state index in [1.54, 1.807) is 0 Å². The molecule has 1 saturated heterocycles. The largest absolute Gasteiger partial charge is 0.311 e. The first-order chi connectivity index (χ1) is 10.3. The van der Waals surface area contributed by atoms with Crippen LogP contribution in [0.25, 0.3) is 0 Å². The van der Waals surface area contributed by atoms with Crippen LogP contribution in [0.5, 0.6) is 0 Å². The monoisotopic (exact) mass is 280 g/mol. The van der Waals surface area contributed by atoms with E-state index < -0.39 is 0 Å². The van der Waals surface area contributed by atoms with Gasteiger partial charge in [-0.2, -0.15) is 0 Å². The molecule has 0 amide bonds. The average Bonchev–Trinajstić information content (AvgIpc) is 2.53. The average molecular weight is 280 g/mol. The van der Waals surface area contributed by atoms with Crippen LogP contribution >= 0.6 is 0 Å². The maximum Gasteiger partial charge on any atom is 0.0237 e. The van der Waals surface area contributed by atoms with Gasteiger partial charge in [0.1, 0.15) is 0 Å². The molecular weight excluding hydrogens is 256 g/mol. The lowest BCUT2D eigenvalue weighted by Gasteiger charge is -2.39. The van der Waals surface area contributed by atoms with Gasteiger partial charge in [-0.25, -0.2) is 0 Å². The van der Waals surface area contributed by atoms with Crippen molar-refractivity contribution in [1.29, 1.82) is 0 Å². The summed E-state index contributed by atoms with van der Waals surface area (Å²) in [5, 5.41) is 3.69. The van der Waals surface area contributed by atoms with Crippen molar-refractivity contribution >= 4 is 0 Å². The Morgan fingerprint density at radius 1 is 0.952 bits per heavy atom. The van der Waals surface area contributed by atoms with Gasteiger partial charge in [0.15, 0.2) is 0 Å². The summed E-state index contributed by atoms with van der Waals surface area (Å²) in [5.41, 5.74) is 2.83. The van der Waals surface area contributed by atoms with E-state index in [1.165, 1.54) is 11.1 Å². The molecular formula is C19H24N2. The van der Waals surface area contributed by atoms with Crippen molar-refractivity contribution in [2.75, 3.05) is 13.1 Å². The molecule has 0 aliphatic carbocycles. The molecule has 1 aliphatic heterocycles. The van der Waals surface area contributed by atoms with Crippen LogP contribution in [-0.2, 0) is 13.0 Å². The summed E-state index contributed by atoms with van der Waals surface area (Å²) < 4.78 is 0. The lowest BCUT2D eigenvalue weighted by Crippen LogP contribution is -2.55. The number of benzene rings is 2. The van der Waals surface area contributed by atoms with Gasteiger partial charge in [0.05, 0.1) is 0 Å². The Morgan fingerprint density at radius 3 is 2.24 bits per heavy atom. The van der Waals surface area contributed by atoms with E-state index in [0.717, 1.165) is 26.1 Å². The first-order valence-corrected chi connectivity index (χ1v) is 7.86. The Bertz CT molecular complexity index is 538. The zero-order valence-electron chi connectivity index (χ0n) is 12.7. The van der Waals surface area contributed by atoms with E-state index in [-0.39, 0.29) is 0 Å². The second-order valence-electron chi connectivity index (χ2n) is 6.06. The fourth-order valence-corrected chi connectivity index (χ4v) is 3.07. The first kappa shape index (κ1) is 14.3. The molecule has 2 aromatic carbocycles. The number of nitrogens with zero attached hydrogens (tertiary/aromatic N) is 1. The molecule has 1 N–H and O–H groups in total. The fraction of sp³-hybridized carbons (Fsp3) is 0.368. The molecule has 2 heteroatoms. The summed E-state index contributed by atoms with van der Waals surface area (Å²) in [7, 11) is 0. The van der Waals surface area contributed by atoms with E-state index in [1.807, 2.05) is 0 Å². The highest BCUT2D eigenvalue weighted by Gasteiger charge is 2.24. The highest BCUT2D eigenvalue weighted by Crippen LogP contribution is 2.14. The molecule has 0 bridgehead atoms. The van der Waals surface area contributed by atoms with Crippen molar-refractivity contribution in [3.63, 3.8) is 0 Å². The minimum atomic E-state index is 0.548. The molecule has 110 valence electrons. The van der Waals surface area contributed by atoms with Gasteiger partial charge in [-0.05, 0) is 24.5 Å². The van der Waals surface area contributed by atoms with Gasteiger partial charge in [-0.3, -0.25) is 4.90 Å². The Balaban J connectivity index is 1.62. The Kier molecular flexibility index (Phi) is 4.69. The summed E-state index contributed by atoms with van der Waals surface area (Å²) in [6.07, 6.45) is 1.11.